The Labute approximate surface area is 162 Å². The summed E-state index contributed by atoms with van der Waals surface area (Å²) in [5.41, 5.74) is 3.36. The van der Waals surface area contributed by atoms with E-state index < -0.39 is 0 Å². The number of likely N-dealkylation sites (tertiary alicyclic amines) is 1. The van der Waals surface area contributed by atoms with Crippen LogP contribution in [0.1, 0.15) is 24.4 Å². The predicted octanol–water partition coefficient (Wildman–Crippen LogP) is 5.84. The number of hydrogen-bond acceptors (Lipinski definition) is 2. The smallest absolute Gasteiger partial charge is 0.178 e. The van der Waals surface area contributed by atoms with Gasteiger partial charge in [-0.2, -0.15) is 0 Å². The van der Waals surface area contributed by atoms with Gasteiger partial charge in [-0.25, -0.2) is 0 Å². The summed E-state index contributed by atoms with van der Waals surface area (Å²) in [6.07, 6.45) is 2.16. The fraction of sp³-hybridized carbons (Fsp3) is 0.316. The third-order valence-electron chi connectivity index (χ3n) is 4.93. The van der Waals surface area contributed by atoms with E-state index in [-0.39, 0.29) is 0 Å². The topological polar surface area (TPSA) is 24.0 Å². The van der Waals surface area contributed by atoms with Gasteiger partial charge in [0.1, 0.15) is 0 Å². The van der Waals surface area contributed by atoms with Crippen LogP contribution >= 0.6 is 35.4 Å². The zero-order chi connectivity index (χ0) is 17.4. The fourth-order valence-electron chi connectivity index (χ4n) is 3.66. The Bertz CT molecular complexity index is 940. The number of nitrogens with one attached hydrogen (secondary N) is 1. The Morgan fingerprint density at radius 2 is 1.72 bits per heavy atom. The van der Waals surface area contributed by atoms with Crippen molar-refractivity contribution in [3.05, 3.63) is 62.8 Å². The molecule has 25 heavy (non-hydrogen) atoms. The van der Waals surface area contributed by atoms with Crippen molar-refractivity contribution in [3.8, 4) is 0 Å². The molecule has 1 aromatic heterocycles. The summed E-state index contributed by atoms with van der Waals surface area (Å²) >= 11 is 17.9. The van der Waals surface area contributed by atoms with Crippen LogP contribution in [0.15, 0.2) is 42.5 Å². The van der Waals surface area contributed by atoms with Gasteiger partial charge in [0.05, 0.1) is 21.1 Å². The number of piperidine rings is 1. The minimum Gasteiger partial charge on any atom is -0.331 e. The molecule has 3 nitrogen and oxygen atoms in total. The minimum absolute atomic E-state index is 0.394. The number of fused-ring (bicyclic) bond motifs is 1. The van der Waals surface area contributed by atoms with Crippen molar-refractivity contribution in [3.63, 3.8) is 0 Å². The Morgan fingerprint density at radius 3 is 2.44 bits per heavy atom. The highest BCUT2D eigenvalue weighted by atomic mass is 35.5. The van der Waals surface area contributed by atoms with Crippen LogP contribution in [-0.4, -0.2) is 27.5 Å². The third kappa shape index (κ3) is 3.49. The standard InChI is InChI=1S/C19H19Cl2N3S/c20-15-10-17-18(11-16(15)21)24(19(25)22-17)14-6-8-23(9-7-14)12-13-4-2-1-3-5-13/h1-5,10-11,14H,6-9,12H2,(H,22,25). The number of benzene rings is 2. The van der Waals surface area contributed by atoms with Crippen LogP contribution in [0.25, 0.3) is 11.0 Å². The third-order valence-corrected chi connectivity index (χ3v) is 5.95. The first kappa shape index (κ1) is 17.1. The van der Waals surface area contributed by atoms with Crippen molar-refractivity contribution < 1.29 is 0 Å². The first-order valence-corrected chi connectivity index (χ1v) is 9.64. The Hall–Kier alpha value is -1.33. The number of nitrogens with zero attached hydrogens (tertiary/aromatic N) is 2. The van der Waals surface area contributed by atoms with Crippen LogP contribution in [0.5, 0.6) is 0 Å². The molecule has 4 rings (SSSR count). The van der Waals surface area contributed by atoms with Gasteiger partial charge in [-0.05, 0) is 42.8 Å². The number of H-pyrrole nitrogens is 1. The van der Waals surface area contributed by atoms with E-state index >= 15 is 0 Å². The molecule has 2 heterocycles. The maximum Gasteiger partial charge on any atom is 0.178 e. The molecule has 1 N–H and O–H groups in total. The van der Waals surface area contributed by atoms with Crippen molar-refractivity contribution in [2.45, 2.75) is 25.4 Å². The van der Waals surface area contributed by atoms with Crippen LogP contribution in [0.4, 0.5) is 0 Å². The lowest BCUT2D eigenvalue weighted by Crippen LogP contribution is -2.34. The number of aromatic nitrogens is 2. The monoisotopic (exact) mass is 391 g/mol. The lowest BCUT2D eigenvalue weighted by atomic mass is 10.0. The van der Waals surface area contributed by atoms with Crippen molar-refractivity contribution in [1.82, 2.24) is 14.5 Å². The highest BCUT2D eigenvalue weighted by molar-refractivity contribution is 7.71. The summed E-state index contributed by atoms with van der Waals surface area (Å²) in [4.78, 5) is 5.77. The van der Waals surface area contributed by atoms with E-state index in [1.54, 1.807) is 0 Å². The van der Waals surface area contributed by atoms with Crippen molar-refractivity contribution in [1.29, 1.82) is 0 Å². The van der Waals surface area contributed by atoms with Gasteiger partial charge in [-0.15, -0.1) is 0 Å². The molecule has 0 aliphatic carbocycles. The van der Waals surface area contributed by atoms with Gasteiger partial charge in [-0.3, -0.25) is 4.90 Å². The first-order chi connectivity index (χ1) is 12.1. The van der Waals surface area contributed by atoms with Crippen molar-refractivity contribution >= 4 is 46.5 Å². The Morgan fingerprint density at radius 1 is 1.04 bits per heavy atom. The van der Waals surface area contributed by atoms with E-state index in [9.17, 15) is 0 Å². The van der Waals surface area contributed by atoms with Gasteiger partial charge in [0, 0.05) is 25.7 Å². The second-order valence-corrected chi connectivity index (χ2v) is 7.78. The molecule has 0 atom stereocenters. The normalized spacial score (nSPS) is 16.6. The quantitative estimate of drug-likeness (QED) is 0.566. The second kappa shape index (κ2) is 7.12. The van der Waals surface area contributed by atoms with Crippen LogP contribution in [0.2, 0.25) is 10.0 Å². The van der Waals surface area contributed by atoms with Gasteiger partial charge < -0.3 is 9.55 Å². The van der Waals surface area contributed by atoms with Crippen molar-refractivity contribution in [2.75, 3.05) is 13.1 Å². The molecule has 0 saturated carbocycles. The first-order valence-electron chi connectivity index (χ1n) is 8.47. The number of hydrogen-bond donors (Lipinski definition) is 1. The molecule has 0 bridgehead atoms. The largest absolute Gasteiger partial charge is 0.331 e. The van der Waals surface area contributed by atoms with Crippen LogP contribution < -0.4 is 0 Å². The average Bonchev–Trinajstić information content (AvgIpc) is 2.92. The lowest BCUT2D eigenvalue weighted by Gasteiger charge is -2.33. The van der Waals surface area contributed by atoms with E-state index in [0.29, 0.717) is 16.1 Å². The molecule has 1 aliphatic heterocycles. The molecule has 1 saturated heterocycles. The molecule has 2 aromatic carbocycles. The van der Waals surface area contributed by atoms with E-state index in [1.807, 2.05) is 12.1 Å². The summed E-state index contributed by atoms with van der Waals surface area (Å²) in [6.45, 7) is 3.14. The molecule has 0 radical (unpaired) electrons. The van der Waals surface area contributed by atoms with Gasteiger partial charge in [0.2, 0.25) is 0 Å². The molecule has 1 aliphatic rings. The molecule has 0 unspecified atom stereocenters. The van der Waals surface area contributed by atoms with Gasteiger partial charge in [-0.1, -0.05) is 53.5 Å². The molecule has 0 amide bonds. The van der Waals surface area contributed by atoms with E-state index in [2.05, 4.69) is 44.8 Å². The Kier molecular flexibility index (Phi) is 4.87. The van der Waals surface area contributed by atoms with E-state index in [1.165, 1.54) is 5.56 Å². The van der Waals surface area contributed by atoms with E-state index in [4.69, 9.17) is 35.4 Å². The van der Waals surface area contributed by atoms with Crippen LogP contribution in [0.3, 0.4) is 0 Å². The van der Waals surface area contributed by atoms with Gasteiger partial charge >= 0.3 is 0 Å². The van der Waals surface area contributed by atoms with Crippen molar-refractivity contribution in [2.24, 2.45) is 0 Å². The average molecular weight is 392 g/mol. The van der Waals surface area contributed by atoms with Crippen LogP contribution in [-0.2, 0) is 6.54 Å². The molecule has 6 heteroatoms. The lowest BCUT2D eigenvalue weighted by molar-refractivity contribution is 0.181. The predicted molar refractivity (Wildman–Crippen MR) is 107 cm³/mol. The number of imidazole rings is 1. The maximum atomic E-state index is 6.22. The molecule has 130 valence electrons. The highest BCUT2D eigenvalue weighted by Crippen LogP contribution is 2.32. The molecule has 0 spiro atoms. The summed E-state index contributed by atoms with van der Waals surface area (Å²) in [7, 11) is 0. The zero-order valence-electron chi connectivity index (χ0n) is 13.7. The maximum absolute atomic E-state index is 6.22. The Balaban J connectivity index is 1.53. The molecule has 3 aromatic rings. The fourth-order valence-corrected chi connectivity index (χ4v) is 4.34. The zero-order valence-corrected chi connectivity index (χ0v) is 16.0. The SMILES string of the molecule is S=c1[nH]c2cc(Cl)c(Cl)cc2n1C1CCN(Cc2ccccc2)CC1. The number of rotatable bonds is 3. The van der Waals surface area contributed by atoms with Gasteiger partial charge in [0.25, 0.3) is 0 Å². The highest BCUT2D eigenvalue weighted by Gasteiger charge is 2.23. The summed E-state index contributed by atoms with van der Waals surface area (Å²) in [6, 6.07) is 14.8. The van der Waals surface area contributed by atoms with Crippen LogP contribution in [0, 0.1) is 4.77 Å². The number of aromatic amines is 1. The molecular formula is C19H19Cl2N3S. The summed E-state index contributed by atoms with van der Waals surface area (Å²) in [5, 5.41) is 1.12. The summed E-state index contributed by atoms with van der Waals surface area (Å²) in [5.74, 6) is 0. The molecule has 1 fully saturated rings. The summed E-state index contributed by atoms with van der Waals surface area (Å²) < 4.78 is 2.96. The number of halogens is 2. The molecular weight excluding hydrogens is 373 g/mol. The van der Waals surface area contributed by atoms with Gasteiger partial charge in [0.15, 0.2) is 4.77 Å². The second-order valence-electron chi connectivity index (χ2n) is 6.58. The van der Waals surface area contributed by atoms with E-state index in [0.717, 1.165) is 48.3 Å². The minimum atomic E-state index is 0.394.